The average molecular weight is 561 g/mol. The zero-order valence-electron chi connectivity index (χ0n) is 21.4. The monoisotopic (exact) mass is 560 g/mol. The first-order valence-electron chi connectivity index (χ1n) is 11.9. The van der Waals surface area contributed by atoms with Crippen LogP contribution < -0.4 is 5.46 Å². The number of aryl methyl sites for hydroxylation is 2. The lowest BCUT2D eigenvalue weighted by Crippen LogP contribution is -2.29. The van der Waals surface area contributed by atoms with Gasteiger partial charge in [-0.05, 0) is 37.0 Å². The lowest BCUT2D eigenvalue weighted by Gasteiger charge is -2.06. The minimum atomic E-state index is -1.35. The largest absolute Gasteiger partial charge is 0.488 e. The quantitative estimate of drug-likeness (QED) is 0.208. The van der Waals surface area contributed by atoms with Crippen LogP contribution in [0.2, 0.25) is 10.3 Å². The zero-order chi connectivity index (χ0) is 28.2. The van der Waals surface area contributed by atoms with Crippen LogP contribution in [0.4, 0.5) is 0 Å². The summed E-state index contributed by atoms with van der Waals surface area (Å²) in [6.45, 7) is 4.03. The molecule has 0 radical (unpaired) electrons. The molecule has 0 aliphatic heterocycles. The van der Waals surface area contributed by atoms with Crippen molar-refractivity contribution >= 4 is 35.8 Å². The molecule has 198 valence electrons. The van der Waals surface area contributed by atoms with Gasteiger partial charge in [0.25, 0.3) is 0 Å². The van der Waals surface area contributed by atoms with Crippen LogP contribution in [0.3, 0.4) is 0 Å². The number of halogens is 2. The van der Waals surface area contributed by atoms with Crippen LogP contribution in [0.5, 0.6) is 0 Å². The Morgan fingerprint density at radius 2 is 1.21 bits per heavy atom. The molecule has 2 aromatic heterocycles. The van der Waals surface area contributed by atoms with Gasteiger partial charge in [-0.3, -0.25) is 0 Å². The van der Waals surface area contributed by atoms with E-state index in [0.717, 1.165) is 33.6 Å². The minimum absolute atomic E-state index is 0.0542. The number of aliphatic hydroxyl groups excluding tert-OH is 1. The smallest absolute Gasteiger partial charge is 0.423 e. The van der Waals surface area contributed by atoms with Gasteiger partial charge in [-0.1, -0.05) is 101 Å². The molecule has 0 saturated heterocycles. The van der Waals surface area contributed by atoms with E-state index in [1.807, 2.05) is 55.5 Å². The Kier molecular flexibility index (Phi) is 11.5. The van der Waals surface area contributed by atoms with Crippen molar-refractivity contribution in [3.05, 3.63) is 125 Å². The van der Waals surface area contributed by atoms with E-state index in [1.165, 1.54) is 18.0 Å². The average Bonchev–Trinajstić information content (AvgIpc) is 2.94. The van der Waals surface area contributed by atoms with Crippen molar-refractivity contribution in [2.24, 2.45) is 0 Å². The molecule has 7 nitrogen and oxygen atoms in total. The summed E-state index contributed by atoms with van der Waals surface area (Å²) in [6, 6.07) is 26.6. The Morgan fingerprint density at radius 1 is 0.641 bits per heavy atom. The van der Waals surface area contributed by atoms with Crippen molar-refractivity contribution in [1.82, 2.24) is 19.9 Å². The summed E-state index contributed by atoms with van der Waals surface area (Å²) in [7, 11) is -1.35. The number of aromatic nitrogens is 4. The van der Waals surface area contributed by atoms with Crippen molar-refractivity contribution in [1.29, 1.82) is 0 Å². The SMILES string of the molecule is Cc1cccc(-c2cc(-c3ccc(CO)cc3)ncn2)c1.Cc1cccc(B(O)O)c1.Clc1cc(Cl)ncn1. The first kappa shape index (κ1) is 29.9. The second-order valence-electron chi connectivity index (χ2n) is 8.46. The first-order valence-corrected chi connectivity index (χ1v) is 12.7. The predicted molar refractivity (Wildman–Crippen MR) is 157 cm³/mol. The molecule has 0 amide bonds. The Bertz CT molecular complexity index is 1470. The lowest BCUT2D eigenvalue weighted by atomic mass is 9.80. The fourth-order valence-electron chi connectivity index (χ4n) is 3.40. The molecule has 5 rings (SSSR count). The third-order valence-corrected chi connectivity index (χ3v) is 5.77. The number of aliphatic hydroxyl groups is 1. The predicted octanol–water partition coefficient (Wildman–Crippen LogP) is 5.07. The maximum atomic E-state index is 9.09. The molecule has 0 saturated carbocycles. The fourth-order valence-corrected chi connectivity index (χ4v) is 3.75. The molecule has 0 fully saturated rings. The van der Waals surface area contributed by atoms with Crippen LogP contribution in [-0.2, 0) is 6.61 Å². The highest BCUT2D eigenvalue weighted by Gasteiger charge is 2.09. The number of hydrogen-bond acceptors (Lipinski definition) is 7. The summed E-state index contributed by atoms with van der Waals surface area (Å²) in [6.07, 6.45) is 2.90. The Labute approximate surface area is 238 Å². The molecule has 0 aliphatic rings. The van der Waals surface area contributed by atoms with Crippen LogP contribution in [0.1, 0.15) is 16.7 Å². The molecule has 3 N–H and O–H groups in total. The third-order valence-electron chi connectivity index (χ3n) is 5.35. The Balaban J connectivity index is 0.000000193. The molecule has 0 spiro atoms. The summed E-state index contributed by atoms with van der Waals surface area (Å²) in [5, 5.41) is 27.2. The van der Waals surface area contributed by atoms with Gasteiger partial charge >= 0.3 is 7.12 Å². The summed E-state index contributed by atoms with van der Waals surface area (Å²) in [5.41, 5.74) is 7.58. The van der Waals surface area contributed by atoms with E-state index in [0.29, 0.717) is 15.8 Å². The van der Waals surface area contributed by atoms with Gasteiger partial charge in [0.1, 0.15) is 23.0 Å². The van der Waals surface area contributed by atoms with Crippen LogP contribution in [-0.4, -0.2) is 42.2 Å². The number of benzene rings is 3. The molecule has 0 bridgehead atoms. The summed E-state index contributed by atoms with van der Waals surface area (Å²) in [4.78, 5) is 15.9. The van der Waals surface area contributed by atoms with Gasteiger partial charge in [-0.2, -0.15) is 0 Å². The van der Waals surface area contributed by atoms with E-state index in [9.17, 15) is 0 Å². The maximum Gasteiger partial charge on any atom is 0.488 e. The molecule has 5 aromatic rings. The van der Waals surface area contributed by atoms with E-state index in [1.54, 1.807) is 24.5 Å². The van der Waals surface area contributed by atoms with E-state index in [4.69, 9.17) is 38.4 Å². The highest BCUT2D eigenvalue weighted by Crippen LogP contribution is 2.23. The number of rotatable bonds is 4. The van der Waals surface area contributed by atoms with E-state index in [-0.39, 0.29) is 6.61 Å². The molecule has 0 aliphatic carbocycles. The highest BCUT2D eigenvalue weighted by atomic mass is 35.5. The highest BCUT2D eigenvalue weighted by molar-refractivity contribution is 6.58. The summed E-state index contributed by atoms with van der Waals surface area (Å²) < 4.78 is 0. The number of hydrogen-bond donors (Lipinski definition) is 3. The van der Waals surface area contributed by atoms with Crippen molar-refractivity contribution in [3.63, 3.8) is 0 Å². The molecule has 0 atom stereocenters. The molecule has 0 unspecified atom stereocenters. The van der Waals surface area contributed by atoms with Gasteiger partial charge in [0.15, 0.2) is 0 Å². The zero-order valence-corrected chi connectivity index (χ0v) is 22.9. The van der Waals surface area contributed by atoms with Crippen LogP contribution in [0, 0.1) is 13.8 Å². The van der Waals surface area contributed by atoms with Gasteiger partial charge < -0.3 is 15.2 Å². The molecule has 3 aromatic carbocycles. The van der Waals surface area contributed by atoms with E-state index < -0.39 is 7.12 Å². The second-order valence-corrected chi connectivity index (χ2v) is 9.24. The van der Waals surface area contributed by atoms with Crippen LogP contribution >= 0.6 is 23.2 Å². The number of nitrogens with zero attached hydrogens (tertiary/aromatic N) is 4. The lowest BCUT2D eigenvalue weighted by molar-refractivity contribution is 0.282. The van der Waals surface area contributed by atoms with Crippen molar-refractivity contribution < 1.29 is 15.2 Å². The molecule has 10 heteroatoms. The Morgan fingerprint density at radius 3 is 1.69 bits per heavy atom. The van der Waals surface area contributed by atoms with Crippen LogP contribution in [0.15, 0.2) is 97.6 Å². The first-order chi connectivity index (χ1) is 18.7. The summed E-state index contributed by atoms with van der Waals surface area (Å²) in [5.74, 6) is 0. The van der Waals surface area contributed by atoms with Gasteiger partial charge in [0.05, 0.1) is 18.0 Å². The standard InChI is InChI=1S/C18H16N2O.C7H9BO2.C4H2Cl2N2/c1-13-3-2-4-16(9-13)18-10-17(19-12-20-18)15-7-5-14(11-21)6-8-15;1-6-3-2-4-7(5-6)8(9)10;5-3-1-4(6)8-2-7-3/h2-10,12,21H,11H2,1H3;2-5,9-10H,1H3;1-2H. The van der Waals surface area contributed by atoms with Crippen molar-refractivity contribution in [2.75, 3.05) is 0 Å². The molecular weight excluding hydrogens is 534 g/mol. The second kappa shape index (κ2) is 15.1. The van der Waals surface area contributed by atoms with Gasteiger partial charge in [-0.15, -0.1) is 0 Å². The molecular formula is C29H27BCl2N4O3. The van der Waals surface area contributed by atoms with Gasteiger partial charge in [0, 0.05) is 17.2 Å². The summed E-state index contributed by atoms with van der Waals surface area (Å²) >= 11 is 10.8. The molecule has 2 heterocycles. The molecule has 39 heavy (non-hydrogen) atoms. The topological polar surface area (TPSA) is 112 Å². The fraction of sp³-hybridized carbons (Fsp3) is 0.103. The van der Waals surface area contributed by atoms with E-state index >= 15 is 0 Å². The maximum absolute atomic E-state index is 9.09. The van der Waals surface area contributed by atoms with E-state index in [2.05, 4.69) is 39.0 Å². The van der Waals surface area contributed by atoms with Crippen LogP contribution in [0.25, 0.3) is 22.5 Å². The van der Waals surface area contributed by atoms with Gasteiger partial charge in [0.2, 0.25) is 0 Å². The van der Waals surface area contributed by atoms with Gasteiger partial charge in [-0.25, -0.2) is 19.9 Å². The minimum Gasteiger partial charge on any atom is -0.423 e. The normalized spacial score (nSPS) is 10.0. The van der Waals surface area contributed by atoms with Crippen molar-refractivity contribution in [2.45, 2.75) is 20.5 Å². The Hall–Kier alpha value is -3.66. The van der Waals surface area contributed by atoms with Crippen molar-refractivity contribution in [3.8, 4) is 22.5 Å². The third kappa shape index (κ3) is 9.87.